The molecule has 0 saturated heterocycles. The van der Waals surface area contributed by atoms with Crippen LogP contribution in [0, 0.1) is 29.5 Å². The lowest BCUT2D eigenvalue weighted by Gasteiger charge is -2.37. The molecule has 1 saturated carbocycles. The minimum Gasteiger partial charge on any atom is -0.330 e. The summed E-state index contributed by atoms with van der Waals surface area (Å²) in [6.07, 6.45) is 4.40. The fraction of sp³-hybridized carbons (Fsp3) is 0.647. The maximum atomic E-state index is 14.0. The molecule has 2 rings (SSSR count). The maximum absolute atomic E-state index is 14.0. The third-order valence-electron chi connectivity index (χ3n) is 4.92. The van der Waals surface area contributed by atoms with Crippen molar-refractivity contribution in [2.75, 3.05) is 6.54 Å². The SMILES string of the molecule is CC(C)C1CCC(CN)C(Cc2ccc(Cl)cc2F)C1. The van der Waals surface area contributed by atoms with Crippen LogP contribution in [0.5, 0.6) is 0 Å². The summed E-state index contributed by atoms with van der Waals surface area (Å²) in [5.74, 6) is 2.29. The van der Waals surface area contributed by atoms with Crippen LogP contribution in [0.15, 0.2) is 18.2 Å². The Hall–Kier alpha value is -0.600. The molecule has 0 radical (unpaired) electrons. The molecule has 3 heteroatoms. The molecule has 0 spiro atoms. The first-order valence-corrected chi connectivity index (χ1v) is 8.03. The van der Waals surface area contributed by atoms with Crippen LogP contribution in [0.2, 0.25) is 5.02 Å². The van der Waals surface area contributed by atoms with Gasteiger partial charge in [0.15, 0.2) is 0 Å². The number of rotatable bonds is 4. The summed E-state index contributed by atoms with van der Waals surface area (Å²) in [6, 6.07) is 5.02. The molecule has 1 nitrogen and oxygen atoms in total. The Kier molecular flexibility index (Phi) is 5.45. The van der Waals surface area contributed by atoms with Gasteiger partial charge in [-0.3, -0.25) is 0 Å². The molecule has 0 bridgehead atoms. The van der Waals surface area contributed by atoms with Crippen LogP contribution in [0.4, 0.5) is 4.39 Å². The van der Waals surface area contributed by atoms with Gasteiger partial charge in [-0.05, 0) is 73.6 Å². The third-order valence-corrected chi connectivity index (χ3v) is 5.16. The molecule has 3 atom stereocenters. The van der Waals surface area contributed by atoms with E-state index >= 15 is 0 Å². The highest BCUT2D eigenvalue weighted by molar-refractivity contribution is 6.30. The number of hydrogen-bond donors (Lipinski definition) is 1. The number of nitrogens with two attached hydrogens (primary N) is 1. The second kappa shape index (κ2) is 6.91. The van der Waals surface area contributed by atoms with E-state index in [9.17, 15) is 4.39 Å². The molecule has 0 aliphatic heterocycles. The molecule has 20 heavy (non-hydrogen) atoms. The van der Waals surface area contributed by atoms with E-state index in [0.717, 1.165) is 17.9 Å². The molecule has 2 N–H and O–H groups in total. The van der Waals surface area contributed by atoms with Gasteiger partial charge in [-0.2, -0.15) is 0 Å². The van der Waals surface area contributed by atoms with E-state index in [4.69, 9.17) is 17.3 Å². The van der Waals surface area contributed by atoms with Crippen molar-refractivity contribution in [3.63, 3.8) is 0 Å². The van der Waals surface area contributed by atoms with Gasteiger partial charge in [-0.1, -0.05) is 31.5 Å². The van der Waals surface area contributed by atoms with Crippen LogP contribution >= 0.6 is 11.6 Å². The van der Waals surface area contributed by atoms with Crippen molar-refractivity contribution in [2.45, 2.75) is 39.5 Å². The van der Waals surface area contributed by atoms with Gasteiger partial charge in [0.25, 0.3) is 0 Å². The van der Waals surface area contributed by atoms with Gasteiger partial charge in [0.1, 0.15) is 5.82 Å². The molecule has 1 aliphatic rings. The van der Waals surface area contributed by atoms with E-state index in [-0.39, 0.29) is 5.82 Å². The summed E-state index contributed by atoms with van der Waals surface area (Å²) in [7, 11) is 0. The summed E-state index contributed by atoms with van der Waals surface area (Å²) in [5, 5.41) is 0.463. The van der Waals surface area contributed by atoms with Gasteiger partial charge in [-0.15, -0.1) is 0 Å². The van der Waals surface area contributed by atoms with Crippen molar-refractivity contribution >= 4 is 11.6 Å². The Morgan fingerprint density at radius 2 is 2.05 bits per heavy atom. The summed E-state index contributed by atoms with van der Waals surface area (Å²) in [5.41, 5.74) is 6.70. The van der Waals surface area contributed by atoms with Gasteiger partial charge >= 0.3 is 0 Å². The lowest BCUT2D eigenvalue weighted by molar-refractivity contribution is 0.150. The first kappa shape index (κ1) is 15.8. The van der Waals surface area contributed by atoms with Crippen molar-refractivity contribution < 1.29 is 4.39 Å². The predicted octanol–water partition coefficient (Wildman–Crippen LogP) is 4.67. The lowest BCUT2D eigenvalue weighted by Crippen LogP contribution is -2.33. The first-order chi connectivity index (χ1) is 9.51. The zero-order valence-corrected chi connectivity index (χ0v) is 13.2. The van der Waals surface area contributed by atoms with Crippen molar-refractivity contribution in [3.05, 3.63) is 34.6 Å². The van der Waals surface area contributed by atoms with Crippen LogP contribution in [-0.2, 0) is 6.42 Å². The topological polar surface area (TPSA) is 26.0 Å². The van der Waals surface area contributed by atoms with Crippen molar-refractivity contribution in [3.8, 4) is 0 Å². The van der Waals surface area contributed by atoms with Gasteiger partial charge in [0.05, 0.1) is 0 Å². The van der Waals surface area contributed by atoms with Gasteiger partial charge < -0.3 is 5.73 Å². The molecular formula is C17H25ClFN. The minimum atomic E-state index is -0.181. The maximum Gasteiger partial charge on any atom is 0.127 e. The second-order valence-corrected chi connectivity index (χ2v) is 6.95. The average Bonchev–Trinajstić information content (AvgIpc) is 2.41. The third kappa shape index (κ3) is 3.73. The molecule has 0 heterocycles. The lowest BCUT2D eigenvalue weighted by atomic mass is 9.69. The first-order valence-electron chi connectivity index (χ1n) is 7.65. The van der Waals surface area contributed by atoms with Crippen LogP contribution in [-0.4, -0.2) is 6.54 Å². The quantitative estimate of drug-likeness (QED) is 0.859. The Morgan fingerprint density at radius 3 is 2.65 bits per heavy atom. The fourth-order valence-corrected chi connectivity index (χ4v) is 3.66. The zero-order valence-electron chi connectivity index (χ0n) is 12.4. The smallest absolute Gasteiger partial charge is 0.127 e. The van der Waals surface area contributed by atoms with Crippen molar-refractivity contribution in [1.82, 2.24) is 0 Å². The molecule has 1 aromatic rings. The van der Waals surface area contributed by atoms with Gasteiger partial charge in [-0.25, -0.2) is 4.39 Å². The number of benzene rings is 1. The van der Waals surface area contributed by atoms with Gasteiger partial charge in [0, 0.05) is 5.02 Å². The van der Waals surface area contributed by atoms with E-state index in [2.05, 4.69) is 13.8 Å². The highest BCUT2D eigenvalue weighted by Gasteiger charge is 2.31. The largest absolute Gasteiger partial charge is 0.330 e. The molecule has 112 valence electrons. The van der Waals surface area contributed by atoms with E-state index in [1.54, 1.807) is 6.07 Å². The Labute approximate surface area is 126 Å². The molecule has 1 aliphatic carbocycles. The monoisotopic (exact) mass is 297 g/mol. The Balaban J connectivity index is 2.11. The van der Waals surface area contributed by atoms with E-state index in [0.29, 0.717) is 29.3 Å². The molecule has 1 fully saturated rings. The summed E-state index contributed by atoms with van der Waals surface area (Å²) < 4.78 is 14.0. The summed E-state index contributed by atoms with van der Waals surface area (Å²) in [4.78, 5) is 0. The van der Waals surface area contributed by atoms with Crippen molar-refractivity contribution in [1.29, 1.82) is 0 Å². The van der Waals surface area contributed by atoms with Crippen LogP contribution in [0.3, 0.4) is 0 Å². The molecule has 3 unspecified atom stereocenters. The number of halogens is 2. The van der Waals surface area contributed by atoms with Crippen LogP contribution < -0.4 is 5.73 Å². The van der Waals surface area contributed by atoms with Crippen LogP contribution in [0.1, 0.15) is 38.7 Å². The van der Waals surface area contributed by atoms with E-state index in [1.807, 2.05) is 6.07 Å². The fourth-order valence-electron chi connectivity index (χ4n) is 3.50. The summed E-state index contributed by atoms with van der Waals surface area (Å²) in [6.45, 7) is 5.28. The second-order valence-electron chi connectivity index (χ2n) is 6.51. The molecule has 0 amide bonds. The zero-order chi connectivity index (χ0) is 14.7. The van der Waals surface area contributed by atoms with Gasteiger partial charge in [0.2, 0.25) is 0 Å². The predicted molar refractivity (Wildman–Crippen MR) is 83.3 cm³/mol. The molecular weight excluding hydrogens is 273 g/mol. The Bertz CT molecular complexity index is 447. The Morgan fingerprint density at radius 1 is 1.30 bits per heavy atom. The molecule has 1 aromatic carbocycles. The highest BCUT2D eigenvalue weighted by Crippen LogP contribution is 2.39. The highest BCUT2D eigenvalue weighted by atomic mass is 35.5. The average molecular weight is 298 g/mol. The van der Waals surface area contributed by atoms with E-state index < -0.39 is 0 Å². The summed E-state index contributed by atoms with van der Waals surface area (Å²) >= 11 is 5.82. The number of hydrogen-bond acceptors (Lipinski definition) is 1. The minimum absolute atomic E-state index is 0.181. The molecule has 0 aromatic heterocycles. The van der Waals surface area contributed by atoms with E-state index in [1.165, 1.54) is 25.3 Å². The normalized spacial score (nSPS) is 27.0. The van der Waals surface area contributed by atoms with Crippen LogP contribution in [0.25, 0.3) is 0 Å². The standard InChI is InChI=1S/C17H25ClFN/c1-11(2)12-3-4-14(10-20)15(7-12)8-13-5-6-16(18)9-17(13)19/h5-6,9,11-12,14-15H,3-4,7-8,10,20H2,1-2H3. The van der Waals surface area contributed by atoms with Crippen molar-refractivity contribution in [2.24, 2.45) is 29.4 Å².